The average molecular weight is 170 g/mol. The van der Waals surface area contributed by atoms with Gasteiger partial charge in [0.25, 0.3) is 0 Å². The fourth-order valence-electron chi connectivity index (χ4n) is 0.302. The summed E-state index contributed by atoms with van der Waals surface area (Å²) in [5.74, 6) is -0.173. The van der Waals surface area contributed by atoms with Crippen molar-refractivity contribution in [2.75, 3.05) is 12.4 Å². The van der Waals surface area contributed by atoms with Crippen LogP contribution >= 0.6 is 23.2 Å². The summed E-state index contributed by atoms with van der Waals surface area (Å²) in [4.78, 5) is 10.4. The number of carbonyl (C=O) groups excluding carboxylic acids is 1. The molecule has 0 fully saturated rings. The quantitative estimate of drug-likeness (QED) is 0.628. The lowest BCUT2D eigenvalue weighted by molar-refractivity contribution is -0.118. The molecule has 0 spiro atoms. The first-order valence-electron chi connectivity index (χ1n) is 2.63. The van der Waals surface area contributed by atoms with Gasteiger partial charge in [0, 0.05) is 11.9 Å². The monoisotopic (exact) mass is 169 g/mol. The van der Waals surface area contributed by atoms with E-state index in [-0.39, 0.29) is 17.2 Å². The van der Waals surface area contributed by atoms with Gasteiger partial charge < -0.3 is 5.32 Å². The summed E-state index contributed by atoms with van der Waals surface area (Å²) < 4.78 is 0. The van der Waals surface area contributed by atoms with E-state index in [1.54, 1.807) is 6.92 Å². The molecule has 0 aliphatic rings. The van der Waals surface area contributed by atoms with Gasteiger partial charge in [0.05, 0.1) is 0 Å². The summed E-state index contributed by atoms with van der Waals surface area (Å²) in [6.45, 7) is 2.28. The Morgan fingerprint density at radius 2 is 2.33 bits per heavy atom. The van der Waals surface area contributed by atoms with Gasteiger partial charge in [-0.3, -0.25) is 4.79 Å². The van der Waals surface area contributed by atoms with Crippen LogP contribution in [0.1, 0.15) is 6.92 Å². The molecular formula is C5H9Cl2NO. The molecule has 0 bridgehead atoms. The molecule has 0 rings (SSSR count). The zero-order valence-corrected chi connectivity index (χ0v) is 6.67. The minimum absolute atomic E-state index is 0.00358. The molecule has 1 unspecified atom stereocenters. The van der Waals surface area contributed by atoms with E-state index in [2.05, 4.69) is 5.32 Å². The first-order valence-corrected chi connectivity index (χ1v) is 3.60. The molecule has 0 aliphatic carbocycles. The zero-order chi connectivity index (χ0) is 7.28. The summed E-state index contributed by atoms with van der Waals surface area (Å²) in [6, 6.07) is 0. The van der Waals surface area contributed by atoms with E-state index in [1.807, 2.05) is 0 Å². The average Bonchev–Trinajstić information content (AvgIpc) is 1.83. The summed E-state index contributed by atoms with van der Waals surface area (Å²) in [5, 5.41) is 2.50. The van der Waals surface area contributed by atoms with Gasteiger partial charge in [0.2, 0.25) is 5.91 Å². The molecule has 54 valence electrons. The van der Waals surface area contributed by atoms with E-state index in [9.17, 15) is 4.79 Å². The number of hydrogen-bond acceptors (Lipinski definition) is 1. The van der Waals surface area contributed by atoms with E-state index in [1.165, 1.54) is 0 Å². The van der Waals surface area contributed by atoms with Crippen molar-refractivity contribution in [3.05, 3.63) is 0 Å². The second kappa shape index (κ2) is 4.89. The Kier molecular flexibility index (Phi) is 4.91. The van der Waals surface area contributed by atoms with Crippen LogP contribution in [0.2, 0.25) is 0 Å². The van der Waals surface area contributed by atoms with Crippen LogP contribution in [0.25, 0.3) is 0 Å². The number of halogens is 2. The second-order valence-corrected chi connectivity index (χ2v) is 2.73. The van der Waals surface area contributed by atoms with Crippen molar-refractivity contribution in [1.29, 1.82) is 0 Å². The number of rotatable bonds is 3. The maximum Gasteiger partial charge on any atom is 0.234 e. The molecule has 9 heavy (non-hydrogen) atoms. The normalized spacial score (nSPS) is 12.8. The van der Waals surface area contributed by atoms with Crippen molar-refractivity contribution in [1.82, 2.24) is 5.32 Å². The molecule has 1 atom stereocenters. The highest BCUT2D eigenvalue weighted by Gasteiger charge is 1.99. The first kappa shape index (κ1) is 9.05. The third-order valence-corrected chi connectivity index (χ3v) is 1.10. The van der Waals surface area contributed by atoms with Crippen molar-refractivity contribution in [2.24, 2.45) is 0 Å². The molecule has 4 heteroatoms. The minimum Gasteiger partial charge on any atom is -0.354 e. The van der Waals surface area contributed by atoms with Gasteiger partial charge in [-0.25, -0.2) is 0 Å². The van der Waals surface area contributed by atoms with Gasteiger partial charge in [-0.1, -0.05) is 0 Å². The smallest absolute Gasteiger partial charge is 0.234 e. The molecule has 1 N–H and O–H groups in total. The molecule has 0 saturated carbocycles. The minimum atomic E-state index is -0.177. The van der Waals surface area contributed by atoms with Crippen LogP contribution in [0.15, 0.2) is 0 Å². The highest BCUT2D eigenvalue weighted by Crippen LogP contribution is 1.88. The summed E-state index contributed by atoms with van der Waals surface area (Å²) >= 11 is 10.7. The van der Waals surface area contributed by atoms with E-state index < -0.39 is 0 Å². The molecule has 1 amide bonds. The van der Waals surface area contributed by atoms with Crippen molar-refractivity contribution < 1.29 is 4.79 Å². The van der Waals surface area contributed by atoms with Gasteiger partial charge in [-0.2, -0.15) is 0 Å². The summed E-state index contributed by atoms with van der Waals surface area (Å²) in [7, 11) is 0. The molecule has 0 saturated heterocycles. The van der Waals surface area contributed by atoms with Crippen LogP contribution in [0.4, 0.5) is 0 Å². The Morgan fingerprint density at radius 3 is 2.67 bits per heavy atom. The Morgan fingerprint density at radius 1 is 1.78 bits per heavy atom. The predicted molar refractivity (Wildman–Crippen MR) is 39.0 cm³/mol. The van der Waals surface area contributed by atoms with Crippen molar-refractivity contribution >= 4 is 29.1 Å². The molecule has 0 radical (unpaired) electrons. The molecule has 2 nitrogen and oxygen atoms in total. The lowest BCUT2D eigenvalue weighted by Gasteiger charge is -2.02. The lowest BCUT2D eigenvalue weighted by atomic mass is 10.4. The van der Waals surface area contributed by atoms with Crippen LogP contribution in [0.5, 0.6) is 0 Å². The largest absolute Gasteiger partial charge is 0.354 e. The topological polar surface area (TPSA) is 29.1 Å². The SMILES string of the molecule is CC(Cl)CNC(=O)CCl. The highest BCUT2D eigenvalue weighted by molar-refractivity contribution is 6.27. The van der Waals surface area contributed by atoms with Crippen LogP contribution < -0.4 is 5.32 Å². The van der Waals surface area contributed by atoms with Gasteiger partial charge >= 0.3 is 0 Å². The number of nitrogens with one attached hydrogen (secondary N) is 1. The standard InChI is InChI=1S/C5H9Cl2NO/c1-4(7)3-8-5(9)2-6/h4H,2-3H2,1H3,(H,8,9). The maximum absolute atomic E-state index is 10.4. The van der Waals surface area contributed by atoms with Crippen LogP contribution in [0, 0.1) is 0 Å². The Labute approximate surface area is 64.5 Å². The predicted octanol–water partition coefficient (Wildman–Crippen LogP) is 0.969. The zero-order valence-electron chi connectivity index (χ0n) is 5.16. The molecule has 0 aromatic carbocycles. The molecule has 0 heterocycles. The second-order valence-electron chi connectivity index (χ2n) is 1.72. The van der Waals surface area contributed by atoms with E-state index in [0.29, 0.717) is 6.54 Å². The Bertz CT molecular complexity index is 95.0. The molecular weight excluding hydrogens is 161 g/mol. The Balaban J connectivity index is 3.17. The number of carbonyl (C=O) groups is 1. The maximum atomic E-state index is 10.4. The van der Waals surface area contributed by atoms with Gasteiger partial charge in [-0.05, 0) is 6.92 Å². The third kappa shape index (κ3) is 5.93. The number of alkyl halides is 2. The Hall–Kier alpha value is 0.0500. The fraction of sp³-hybridized carbons (Fsp3) is 0.800. The van der Waals surface area contributed by atoms with Gasteiger partial charge in [-0.15, -0.1) is 23.2 Å². The van der Waals surface area contributed by atoms with Crippen LogP contribution in [-0.4, -0.2) is 23.7 Å². The molecule has 0 aromatic rings. The number of hydrogen-bond donors (Lipinski definition) is 1. The number of amides is 1. The van der Waals surface area contributed by atoms with Gasteiger partial charge in [0.1, 0.15) is 5.88 Å². The summed E-state index contributed by atoms with van der Waals surface area (Å²) in [5.41, 5.74) is 0. The van der Waals surface area contributed by atoms with Gasteiger partial charge in [0.15, 0.2) is 0 Å². The van der Waals surface area contributed by atoms with Crippen molar-refractivity contribution in [3.63, 3.8) is 0 Å². The van der Waals surface area contributed by atoms with Crippen LogP contribution in [0.3, 0.4) is 0 Å². The summed E-state index contributed by atoms with van der Waals surface area (Å²) in [6.07, 6.45) is 0. The van der Waals surface area contributed by atoms with E-state index in [4.69, 9.17) is 23.2 Å². The highest BCUT2D eigenvalue weighted by atomic mass is 35.5. The lowest BCUT2D eigenvalue weighted by Crippen LogP contribution is -2.29. The molecule has 0 aromatic heterocycles. The fourth-order valence-corrected chi connectivity index (χ4v) is 0.473. The van der Waals surface area contributed by atoms with Crippen molar-refractivity contribution in [3.8, 4) is 0 Å². The first-order chi connectivity index (χ1) is 4.16. The van der Waals surface area contributed by atoms with Crippen LogP contribution in [-0.2, 0) is 4.79 Å². The molecule has 0 aliphatic heterocycles. The van der Waals surface area contributed by atoms with E-state index >= 15 is 0 Å². The van der Waals surface area contributed by atoms with Crippen molar-refractivity contribution in [2.45, 2.75) is 12.3 Å². The van der Waals surface area contributed by atoms with E-state index in [0.717, 1.165) is 0 Å². The third-order valence-electron chi connectivity index (χ3n) is 0.702.